The van der Waals surface area contributed by atoms with Crippen LogP contribution in [0.1, 0.15) is 12.8 Å². The van der Waals surface area contributed by atoms with Gasteiger partial charge in [-0.05, 0) is 25.0 Å². The zero-order chi connectivity index (χ0) is 10.1. The maximum Gasteiger partial charge on any atom is 0.0773 e. The van der Waals surface area contributed by atoms with Crippen LogP contribution in [0.2, 0.25) is 0 Å². The molecule has 0 unspecified atom stereocenters. The Balaban J connectivity index is 1.67. The average Bonchev–Trinajstić information content (AvgIpc) is 2.89. The summed E-state index contributed by atoms with van der Waals surface area (Å²) in [7, 11) is 0. The highest BCUT2D eigenvalue weighted by molar-refractivity contribution is 4.96. The molecule has 0 radical (unpaired) electrons. The first-order valence-electron chi connectivity index (χ1n) is 5.89. The van der Waals surface area contributed by atoms with Gasteiger partial charge >= 0.3 is 0 Å². The molecular formula is C12H18N2O. The van der Waals surface area contributed by atoms with E-state index < -0.39 is 0 Å². The molecule has 0 amide bonds. The van der Waals surface area contributed by atoms with E-state index in [1.807, 2.05) is 0 Å². The molecule has 1 aliphatic heterocycles. The van der Waals surface area contributed by atoms with E-state index >= 15 is 0 Å². The summed E-state index contributed by atoms with van der Waals surface area (Å²) in [5.74, 6) is 0.690. The Morgan fingerprint density at radius 2 is 2.13 bits per heavy atom. The van der Waals surface area contributed by atoms with Gasteiger partial charge in [0.2, 0.25) is 0 Å². The Hall–Kier alpha value is -0.800. The van der Waals surface area contributed by atoms with E-state index in [4.69, 9.17) is 4.74 Å². The van der Waals surface area contributed by atoms with Gasteiger partial charge < -0.3 is 14.6 Å². The van der Waals surface area contributed by atoms with Gasteiger partial charge in [0.05, 0.1) is 12.7 Å². The van der Waals surface area contributed by atoms with E-state index in [-0.39, 0.29) is 0 Å². The van der Waals surface area contributed by atoms with E-state index in [2.05, 4.69) is 34.4 Å². The van der Waals surface area contributed by atoms with E-state index in [0.717, 1.165) is 19.7 Å². The first-order chi connectivity index (χ1) is 7.43. The molecule has 1 aliphatic carbocycles. The predicted molar refractivity (Wildman–Crippen MR) is 58.7 cm³/mol. The van der Waals surface area contributed by atoms with Crippen LogP contribution in [0.4, 0.5) is 0 Å². The van der Waals surface area contributed by atoms with Crippen molar-refractivity contribution in [1.29, 1.82) is 0 Å². The lowest BCUT2D eigenvalue weighted by Gasteiger charge is -2.30. The molecule has 1 saturated carbocycles. The number of aromatic nitrogens is 1. The Bertz CT molecular complexity index is 309. The van der Waals surface area contributed by atoms with E-state index in [1.54, 1.807) is 0 Å². The number of morpholine rings is 1. The largest absolute Gasteiger partial charge is 0.375 e. The third kappa shape index (κ3) is 1.82. The average molecular weight is 206 g/mol. The first kappa shape index (κ1) is 9.43. The van der Waals surface area contributed by atoms with Crippen LogP contribution in [0.15, 0.2) is 24.5 Å². The standard InChI is InChI=1S/C12H18N2O/c1-2-7-14(6-1)9-10-3-4-11-12(10)15-8-5-13-11/h1-2,6-7,10-13H,3-5,8-9H2/t10-,11-,12+/m0/s1. The monoisotopic (exact) mass is 206 g/mol. The second kappa shape index (κ2) is 3.99. The van der Waals surface area contributed by atoms with Crippen molar-refractivity contribution < 1.29 is 4.74 Å². The van der Waals surface area contributed by atoms with Crippen molar-refractivity contribution >= 4 is 0 Å². The lowest BCUT2D eigenvalue weighted by atomic mass is 10.0. The van der Waals surface area contributed by atoms with Crippen LogP contribution in [0.5, 0.6) is 0 Å². The van der Waals surface area contributed by atoms with Gasteiger partial charge in [-0.3, -0.25) is 0 Å². The Morgan fingerprint density at radius 3 is 3.00 bits per heavy atom. The fourth-order valence-corrected chi connectivity index (χ4v) is 2.92. The Labute approximate surface area is 90.4 Å². The SMILES string of the molecule is c1ccn(C[C@@H]2CC[C@@H]3NCCO[C@H]23)c1. The lowest BCUT2D eigenvalue weighted by Crippen LogP contribution is -2.47. The van der Waals surface area contributed by atoms with Crippen molar-refractivity contribution in [3.05, 3.63) is 24.5 Å². The summed E-state index contributed by atoms with van der Waals surface area (Å²) < 4.78 is 8.16. The quantitative estimate of drug-likeness (QED) is 0.788. The molecule has 0 spiro atoms. The molecule has 15 heavy (non-hydrogen) atoms. The predicted octanol–water partition coefficient (Wildman–Crippen LogP) is 1.26. The zero-order valence-electron chi connectivity index (χ0n) is 8.93. The maximum absolute atomic E-state index is 5.89. The van der Waals surface area contributed by atoms with Gasteiger partial charge in [-0.2, -0.15) is 0 Å². The molecule has 0 bridgehead atoms. The summed E-state index contributed by atoms with van der Waals surface area (Å²) in [6.07, 6.45) is 7.30. The third-order valence-corrected chi connectivity index (χ3v) is 3.64. The van der Waals surface area contributed by atoms with E-state index in [1.165, 1.54) is 12.8 Å². The van der Waals surface area contributed by atoms with Crippen LogP contribution in [-0.2, 0) is 11.3 Å². The second-order valence-electron chi connectivity index (χ2n) is 4.61. The molecule has 2 fully saturated rings. The van der Waals surface area contributed by atoms with Crippen LogP contribution in [0, 0.1) is 5.92 Å². The number of nitrogens with zero attached hydrogens (tertiary/aromatic N) is 1. The van der Waals surface area contributed by atoms with Crippen molar-refractivity contribution in [3.63, 3.8) is 0 Å². The van der Waals surface area contributed by atoms with Gasteiger partial charge in [0, 0.05) is 37.4 Å². The van der Waals surface area contributed by atoms with Crippen molar-refractivity contribution in [1.82, 2.24) is 9.88 Å². The lowest BCUT2D eigenvalue weighted by molar-refractivity contribution is -0.0179. The molecule has 1 N–H and O–H groups in total. The molecular weight excluding hydrogens is 188 g/mol. The van der Waals surface area contributed by atoms with Crippen LogP contribution in [0.3, 0.4) is 0 Å². The molecule has 1 aromatic rings. The number of rotatable bonds is 2. The summed E-state index contributed by atoms with van der Waals surface area (Å²) in [6.45, 7) is 3.01. The summed E-state index contributed by atoms with van der Waals surface area (Å²) in [5.41, 5.74) is 0. The van der Waals surface area contributed by atoms with Gasteiger partial charge in [-0.25, -0.2) is 0 Å². The van der Waals surface area contributed by atoms with E-state index in [9.17, 15) is 0 Å². The third-order valence-electron chi connectivity index (χ3n) is 3.64. The zero-order valence-corrected chi connectivity index (χ0v) is 8.93. The first-order valence-corrected chi connectivity index (χ1v) is 5.89. The Kier molecular flexibility index (Phi) is 2.51. The van der Waals surface area contributed by atoms with Crippen molar-refractivity contribution in [2.45, 2.75) is 31.5 Å². The highest BCUT2D eigenvalue weighted by Crippen LogP contribution is 2.31. The minimum atomic E-state index is 0.446. The summed E-state index contributed by atoms with van der Waals surface area (Å²) in [6, 6.07) is 4.79. The fourth-order valence-electron chi connectivity index (χ4n) is 2.92. The molecule has 3 rings (SSSR count). The van der Waals surface area contributed by atoms with Gasteiger partial charge in [0.25, 0.3) is 0 Å². The minimum Gasteiger partial charge on any atom is -0.375 e. The highest BCUT2D eigenvalue weighted by atomic mass is 16.5. The maximum atomic E-state index is 5.89. The topological polar surface area (TPSA) is 26.2 Å². The number of hydrogen-bond donors (Lipinski definition) is 1. The molecule has 2 heterocycles. The molecule has 1 aromatic heterocycles. The number of fused-ring (bicyclic) bond motifs is 1. The van der Waals surface area contributed by atoms with Gasteiger partial charge in [-0.1, -0.05) is 0 Å². The summed E-state index contributed by atoms with van der Waals surface area (Å²) in [4.78, 5) is 0. The number of ether oxygens (including phenoxy) is 1. The minimum absolute atomic E-state index is 0.446. The molecule has 3 atom stereocenters. The molecule has 82 valence electrons. The molecule has 2 aliphatic rings. The number of hydrogen-bond acceptors (Lipinski definition) is 2. The second-order valence-corrected chi connectivity index (χ2v) is 4.61. The smallest absolute Gasteiger partial charge is 0.0773 e. The molecule has 3 nitrogen and oxygen atoms in total. The van der Waals surface area contributed by atoms with Crippen molar-refractivity contribution in [3.8, 4) is 0 Å². The van der Waals surface area contributed by atoms with Crippen LogP contribution < -0.4 is 5.32 Å². The van der Waals surface area contributed by atoms with Gasteiger partial charge in [0.1, 0.15) is 0 Å². The van der Waals surface area contributed by atoms with Crippen LogP contribution in [-0.4, -0.2) is 29.9 Å². The van der Waals surface area contributed by atoms with Crippen LogP contribution >= 0.6 is 0 Å². The van der Waals surface area contributed by atoms with Crippen LogP contribution in [0.25, 0.3) is 0 Å². The summed E-state index contributed by atoms with van der Waals surface area (Å²) in [5, 5.41) is 3.56. The molecule has 3 heteroatoms. The highest BCUT2D eigenvalue weighted by Gasteiger charge is 2.38. The van der Waals surface area contributed by atoms with E-state index in [0.29, 0.717) is 18.1 Å². The molecule has 0 aromatic carbocycles. The van der Waals surface area contributed by atoms with Gasteiger partial charge in [-0.15, -0.1) is 0 Å². The summed E-state index contributed by atoms with van der Waals surface area (Å²) >= 11 is 0. The Morgan fingerprint density at radius 1 is 1.27 bits per heavy atom. The molecule has 1 saturated heterocycles. The number of nitrogens with one attached hydrogen (secondary N) is 1. The van der Waals surface area contributed by atoms with Crippen molar-refractivity contribution in [2.75, 3.05) is 13.2 Å². The fraction of sp³-hybridized carbons (Fsp3) is 0.667. The van der Waals surface area contributed by atoms with Crippen molar-refractivity contribution in [2.24, 2.45) is 5.92 Å². The van der Waals surface area contributed by atoms with Gasteiger partial charge in [0.15, 0.2) is 0 Å². The normalized spacial score (nSPS) is 35.3.